The van der Waals surface area contributed by atoms with Gasteiger partial charge in [0.05, 0.1) is 17.3 Å². The van der Waals surface area contributed by atoms with Crippen LogP contribution in [0.2, 0.25) is 5.28 Å². The number of nitrogens with zero attached hydrogens (tertiary/aromatic N) is 4. The van der Waals surface area contributed by atoms with Gasteiger partial charge in [-0.25, -0.2) is 9.97 Å². The zero-order chi connectivity index (χ0) is 26.1. The number of likely N-dealkylation sites (tertiary alicyclic amines) is 1. The molecule has 2 atom stereocenters. The van der Waals surface area contributed by atoms with Gasteiger partial charge in [-0.15, -0.1) is 0 Å². The number of halogens is 4. The maximum absolute atomic E-state index is 13.1. The zero-order valence-corrected chi connectivity index (χ0v) is 21.1. The molecule has 0 bridgehead atoms. The molecule has 1 aliphatic heterocycles. The second-order valence-electron chi connectivity index (χ2n) is 9.99. The summed E-state index contributed by atoms with van der Waals surface area (Å²) in [6.45, 7) is 3.24. The number of alkyl halides is 3. The van der Waals surface area contributed by atoms with Crippen LogP contribution in [0.15, 0.2) is 24.3 Å². The second kappa shape index (κ2) is 10.3. The molecule has 1 N–H and O–H groups in total. The maximum atomic E-state index is 13.1. The van der Waals surface area contributed by atoms with Gasteiger partial charge in [-0.1, -0.05) is 12.1 Å². The van der Waals surface area contributed by atoms with E-state index in [9.17, 15) is 23.2 Å². The van der Waals surface area contributed by atoms with Crippen LogP contribution in [0.3, 0.4) is 0 Å². The Balaban J connectivity index is 1.43. The van der Waals surface area contributed by atoms with Crippen molar-refractivity contribution in [1.82, 2.24) is 14.9 Å². The molecule has 2 heterocycles. The van der Waals surface area contributed by atoms with E-state index in [4.69, 9.17) is 11.6 Å². The standard InChI is InChI=1S/C26H29ClF3N5O/c1-16(18-4-3-5-19(14-18)26(28,29)30)32-23-20-12-17(13-21(20)33-24(27)34-23)6-7-22(36)25(15-31)8-10-35(2)11-9-25/h3-5,14,16-17H,6-13H2,1-2H3,(H,32,33,34)/t16-,17?/m1/s1. The lowest BCUT2D eigenvalue weighted by atomic mass is 9.74. The summed E-state index contributed by atoms with van der Waals surface area (Å²) in [6, 6.07) is 7.06. The Bertz CT molecular complexity index is 1170. The van der Waals surface area contributed by atoms with Gasteiger partial charge in [0.25, 0.3) is 0 Å². The number of piperidine rings is 1. The number of anilines is 1. The number of fused-ring (bicyclic) bond motifs is 1. The van der Waals surface area contributed by atoms with Crippen LogP contribution in [-0.4, -0.2) is 40.8 Å². The molecule has 0 spiro atoms. The molecule has 1 unspecified atom stereocenters. The molecule has 192 valence electrons. The zero-order valence-electron chi connectivity index (χ0n) is 20.3. The first-order valence-electron chi connectivity index (χ1n) is 12.1. The van der Waals surface area contributed by atoms with Crippen LogP contribution < -0.4 is 5.32 Å². The molecular weight excluding hydrogens is 491 g/mol. The van der Waals surface area contributed by atoms with Gasteiger partial charge < -0.3 is 10.2 Å². The fourth-order valence-electron chi connectivity index (χ4n) is 5.14. The summed E-state index contributed by atoms with van der Waals surface area (Å²) in [5.41, 5.74) is 0.552. The third-order valence-corrected chi connectivity index (χ3v) is 7.64. The minimum Gasteiger partial charge on any atom is -0.363 e. The third kappa shape index (κ3) is 5.65. The van der Waals surface area contributed by atoms with Crippen LogP contribution in [0, 0.1) is 22.7 Å². The average Bonchev–Trinajstić information content (AvgIpc) is 3.25. The number of hydrogen-bond donors (Lipinski definition) is 1. The summed E-state index contributed by atoms with van der Waals surface area (Å²) in [6.07, 6.45) is -1.05. The first-order valence-corrected chi connectivity index (χ1v) is 12.5. The molecular formula is C26H29ClF3N5O. The smallest absolute Gasteiger partial charge is 0.363 e. The van der Waals surface area contributed by atoms with E-state index in [1.165, 1.54) is 6.07 Å². The number of ketones is 1. The Morgan fingerprint density at radius 3 is 2.69 bits per heavy atom. The fraction of sp³-hybridized carbons (Fsp3) is 0.538. The van der Waals surface area contributed by atoms with Crippen LogP contribution in [0.5, 0.6) is 0 Å². The van der Waals surface area contributed by atoms with E-state index in [1.54, 1.807) is 13.0 Å². The molecule has 1 fully saturated rings. The molecule has 2 aromatic rings. The van der Waals surface area contributed by atoms with Crippen molar-refractivity contribution in [1.29, 1.82) is 5.26 Å². The van der Waals surface area contributed by atoms with Crippen molar-refractivity contribution in [3.05, 3.63) is 51.9 Å². The second-order valence-corrected chi connectivity index (χ2v) is 10.3. The van der Waals surface area contributed by atoms with Crippen molar-refractivity contribution in [2.75, 3.05) is 25.5 Å². The van der Waals surface area contributed by atoms with Crippen molar-refractivity contribution in [3.63, 3.8) is 0 Å². The number of aromatic nitrogens is 2. The molecule has 10 heteroatoms. The Labute approximate surface area is 213 Å². The monoisotopic (exact) mass is 519 g/mol. The van der Waals surface area contributed by atoms with Crippen LogP contribution in [0.25, 0.3) is 0 Å². The number of carbonyl (C=O) groups excluding carboxylic acids is 1. The number of nitrogens with one attached hydrogen (secondary N) is 1. The van der Waals surface area contributed by atoms with Crippen LogP contribution in [-0.2, 0) is 23.8 Å². The van der Waals surface area contributed by atoms with Gasteiger partial charge in [-0.05, 0) is 94.4 Å². The summed E-state index contributed by atoms with van der Waals surface area (Å²) >= 11 is 6.16. The molecule has 0 amide bonds. The van der Waals surface area contributed by atoms with E-state index in [-0.39, 0.29) is 17.0 Å². The lowest BCUT2D eigenvalue weighted by Gasteiger charge is -2.34. The largest absolute Gasteiger partial charge is 0.416 e. The first kappa shape index (κ1) is 26.4. The van der Waals surface area contributed by atoms with Crippen molar-refractivity contribution in [2.45, 2.75) is 57.7 Å². The third-order valence-electron chi connectivity index (χ3n) is 7.48. The highest BCUT2D eigenvalue weighted by Crippen LogP contribution is 2.38. The summed E-state index contributed by atoms with van der Waals surface area (Å²) in [5.74, 6) is 0.672. The van der Waals surface area contributed by atoms with E-state index >= 15 is 0 Å². The molecule has 1 saturated heterocycles. The van der Waals surface area contributed by atoms with E-state index in [0.717, 1.165) is 36.5 Å². The van der Waals surface area contributed by atoms with Crippen molar-refractivity contribution < 1.29 is 18.0 Å². The van der Waals surface area contributed by atoms with Crippen molar-refractivity contribution >= 4 is 23.2 Å². The van der Waals surface area contributed by atoms with Crippen molar-refractivity contribution in [3.8, 4) is 6.07 Å². The van der Waals surface area contributed by atoms with Crippen LogP contribution in [0.1, 0.15) is 61.0 Å². The molecule has 36 heavy (non-hydrogen) atoms. The molecule has 0 saturated carbocycles. The van der Waals surface area contributed by atoms with Gasteiger partial charge in [-0.2, -0.15) is 18.4 Å². The average molecular weight is 520 g/mol. The van der Waals surface area contributed by atoms with E-state index in [2.05, 4.69) is 26.3 Å². The summed E-state index contributed by atoms with van der Waals surface area (Å²) < 4.78 is 39.4. The molecule has 1 aromatic heterocycles. The molecule has 0 radical (unpaired) electrons. The van der Waals surface area contributed by atoms with Gasteiger partial charge in [-0.3, -0.25) is 4.79 Å². The van der Waals surface area contributed by atoms with Gasteiger partial charge in [0.2, 0.25) is 5.28 Å². The topological polar surface area (TPSA) is 81.9 Å². The van der Waals surface area contributed by atoms with Gasteiger partial charge in [0.15, 0.2) is 5.78 Å². The quantitative estimate of drug-likeness (QED) is 0.478. The lowest BCUT2D eigenvalue weighted by molar-refractivity contribution is -0.137. The molecule has 1 aromatic carbocycles. The Hall–Kier alpha value is -2.70. The molecule has 6 nitrogen and oxygen atoms in total. The van der Waals surface area contributed by atoms with Crippen LogP contribution >= 0.6 is 11.6 Å². The molecule has 2 aliphatic rings. The Kier molecular flexibility index (Phi) is 7.58. The predicted molar refractivity (Wildman–Crippen MR) is 130 cm³/mol. The minimum absolute atomic E-state index is 0.00897. The molecule has 4 rings (SSSR count). The number of rotatable bonds is 7. The Morgan fingerprint density at radius 1 is 1.31 bits per heavy atom. The van der Waals surface area contributed by atoms with Gasteiger partial charge in [0, 0.05) is 18.0 Å². The number of hydrogen-bond acceptors (Lipinski definition) is 6. The number of nitriles is 1. The minimum atomic E-state index is -4.42. The Morgan fingerprint density at radius 2 is 2.03 bits per heavy atom. The van der Waals surface area contributed by atoms with E-state index in [0.29, 0.717) is 49.9 Å². The fourth-order valence-corrected chi connectivity index (χ4v) is 5.33. The van der Waals surface area contributed by atoms with Crippen molar-refractivity contribution in [2.24, 2.45) is 11.3 Å². The SMILES string of the molecule is C[C@@H](Nc1nc(Cl)nc2c1CC(CCC(=O)C1(C#N)CCN(C)CC1)C2)c1cccc(C(F)(F)F)c1. The predicted octanol–water partition coefficient (Wildman–Crippen LogP) is 5.62. The number of benzene rings is 1. The maximum Gasteiger partial charge on any atom is 0.416 e. The summed E-state index contributed by atoms with van der Waals surface area (Å²) in [4.78, 5) is 23.9. The highest BCUT2D eigenvalue weighted by atomic mass is 35.5. The highest BCUT2D eigenvalue weighted by molar-refractivity contribution is 6.28. The van der Waals surface area contributed by atoms with E-state index < -0.39 is 23.2 Å². The van der Waals surface area contributed by atoms with Gasteiger partial charge >= 0.3 is 6.18 Å². The highest BCUT2D eigenvalue weighted by Gasteiger charge is 2.41. The summed E-state index contributed by atoms with van der Waals surface area (Å²) in [5, 5.41) is 13.0. The van der Waals surface area contributed by atoms with Gasteiger partial charge in [0.1, 0.15) is 11.2 Å². The lowest BCUT2D eigenvalue weighted by Crippen LogP contribution is -2.42. The summed E-state index contributed by atoms with van der Waals surface area (Å²) in [7, 11) is 1.99. The number of carbonyl (C=O) groups is 1. The first-order chi connectivity index (χ1) is 17.0. The number of Topliss-reactive ketones (excluding diaryl/α,β-unsaturated/α-hetero) is 1. The normalized spacial score (nSPS) is 20.4. The molecule has 1 aliphatic carbocycles. The van der Waals surface area contributed by atoms with E-state index in [1.807, 2.05) is 7.05 Å². The van der Waals surface area contributed by atoms with Crippen LogP contribution in [0.4, 0.5) is 19.0 Å².